The molecule has 0 fully saturated rings. The number of nitrogens with one attached hydrogen (secondary N) is 1. The molecule has 2 rings (SSSR count). The van der Waals surface area contributed by atoms with Gasteiger partial charge in [0.15, 0.2) is 6.61 Å². The molecule has 5 heteroatoms. The highest BCUT2D eigenvalue weighted by Gasteiger charge is 2.26. The zero-order valence-electron chi connectivity index (χ0n) is 17.4. The van der Waals surface area contributed by atoms with E-state index in [1.165, 1.54) is 0 Å². The van der Waals surface area contributed by atoms with Gasteiger partial charge in [-0.05, 0) is 52.3 Å². The van der Waals surface area contributed by atoms with Crippen molar-refractivity contribution in [3.63, 3.8) is 0 Å². The van der Waals surface area contributed by atoms with E-state index >= 15 is 0 Å². The van der Waals surface area contributed by atoms with Gasteiger partial charge in [-0.1, -0.05) is 47.5 Å². The van der Waals surface area contributed by atoms with E-state index in [0.717, 1.165) is 16.7 Å². The smallest absolute Gasteiger partial charge is 0.261 e. The van der Waals surface area contributed by atoms with Gasteiger partial charge in [0.2, 0.25) is 5.91 Å². The van der Waals surface area contributed by atoms with Gasteiger partial charge < -0.3 is 15.0 Å². The fourth-order valence-electron chi connectivity index (χ4n) is 2.86. The Balaban J connectivity index is 2.14. The van der Waals surface area contributed by atoms with Gasteiger partial charge >= 0.3 is 0 Å². The number of amides is 2. The number of nitrogens with zero attached hydrogens (tertiary/aromatic N) is 1. The van der Waals surface area contributed by atoms with Crippen molar-refractivity contribution in [1.82, 2.24) is 10.2 Å². The molecule has 0 aliphatic rings. The molecule has 0 radical (unpaired) electrons. The number of hydrogen-bond donors (Lipinski definition) is 1. The fraction of sp³-hybridized carbons (Fsp3) is 0.391. The first-order chi connectivity index (χ1) is 13.3. The minimum Gasteiger partial charge on any atom is -0.484 e. The van der Waals surface area contributed by atoms with E-state index in [4.69, 9.17) is 4.74 Å². The summed E-state index contributed by atoms with van der Waals surface area (Å²) in [6.07, 6.45) is 0. The number of rotatable bonds is 8. The van der Waals surface area contributed by atoms with Gasteiger partial charge in [-0.25, -0.2) is 0 Å². The van der Waals surface area contributed by atoms with Gasteiger partial charge in [0, 0.05) is 12.6 Å². The summed E-state index contributed by atoms with van der Waals surface area (Å²) in [5.41, 5.74) is 3.21. The highest BCUT2D eigenvalue weighted by Crippen LogP contribution is 2.14. The van der Waals surface area contributed by atoms with Crippen molar-refractivity contribution < 1.29 is 14.3 Å². The number of hydrogen-bond acceptors (Lipinski definition) is 3. The predicted octanol–water partition coefficient (Wildman–Crippen LogP) is 3.62. The molecule has 0 unspecified atom stereocenters. The second-order valence-electron chi connectivity index (χ2n) is 7.45. The molecule has 0 saturated carbocycles. The van der Waals surface area contributed by atoms with Crippen molar-refractivity contribution in [2.24, 2.45) is 0 Å². The number of carbonyl (C=O) groups is 2. The average Bonchev–Trinajstić information content (AvgIpc) is 2.64. The van der Waals surface area contributed by atoms with E-state index in [1.807, 2.05) is 76.2 Å². The van der Waals surface area contributed by atoms with E-state index in [-0.39, 0.29) is 24.5 Å². The zero-order valence-corrected chi connectivity index (χ0v) is 17.4. The third kappa shape index (κ3) is 6.41. The highest BCUT2D eigenvalue weighted by atomic mass is 16.5. The van der Waals surface area contributed by atoms with Gasteiger partial charge in [-0.15, -0.1) is 0 Å². The Morgan fingerprint density at radius 1 is 1.00 bits per heavy atom. The Morgan fingerprint density at radius 2 is 1.68 bits per heavy atom. The maximum atomic E-state index is 12.9. The molecule has 150 valence electrons. The van der Waals surface area contributed by atoms with E-state index in [2.05, 4.69) is 5.32 Å². The number of benzene rings is 2. The molecule has 2 aromatic carbocycles. The zero-order chi connectivity index (χ0) is 20.7. The molecule has 0 spiro atoms. The molecule has 0 aliphatic heterocycles. The Hall–Kier alpha value is -2.82. The van der Waals surface area contributed by atoms with Crippen molar-refractivity contribution in [3.05, 3.63) is 65.2 Å². The Kier molecular flexibility index (Phi) is 7.61. The lowest BCUT2D eigenvalue weighted by Crippen LogP contribution is -2.50. The minimum atomic E-state index is -0.600. The molecular weight excluding hydrogens is 352 g/mol. The lowest BCUT2D eigenvalue weighted by Gasteiger charge is -2.29. The maximum absolute atomic E-state index is 12.9. The van der Waals surface area contributed by atoms with Crippen molar-refractivity contribution in [1.29, 1.82) is 0 Å². The van der Waals surface area contributed by atoms with Gasteiger partial charge in [0.25, 0.3) is 5.91 Å². The first kappa shape index (κ1) is 21.5. The highest BCUT2D eigenvalue weighted by molar-refractivity contribution is 5.88. The summed E-state index contributed by atoms with van der Waals surface area (Å²) >= 11 is 0. The quantitative estimate of drug-likeness (QED) is 0.759. The second kappa shape index (κ2) is 9.93. The number of aryl methyl sites for hydroxylation is 2. The van der Waals surface area contributed by atoms with Gasteiger partial charge in [-0.3, -0.25) is 9.59 Å². The summed E-state index contributed by atoms with van der Waals surface area (Å²) in [5.74, 6) is 0.230. The molecule has 2 aromatic rings. The Morgan fingerprint density at radius 3 is 2.29 bits per heavy atom. The topological polar surface area (TPSA) is 58.6 Å². The fourth-order valence-corrected chi connectivity index (χ4v) is 2.86. The van der Waals surface area contributed by atoms with Crippen LogP contribution in [0.15, 0.2) is 48.5 Å². The summed E-state index contributed by atoms with van der Waals surface area (Å²) in [6.45, 7) is 9.78. The van der Waals surface area contributed by atoms with Gasteiger partial charge in [0.05, 0.1) is 0 Å². The standard InChI is InChI=1S/C23H30N2O3/c1-16(2)24-23(27)19(5)25(14-20-8-6-7-18(4)13-20)22(26)15-28-21-11-9-17(3)10-12-21/h6-13,16,19H,14-15H2,1-5H3,(H,24,27)/t19-/m1/s1. The SMILES string of the molecule is Cc1ccc(OCC(=O)N(Cc2cccc(C)c2)[C@H](C)C(=O)NC(C)C)cc1. The molecule has 0 saturated heterocycles. The van der Waals surface area contributed by atoms with Gasteiger partial charge in [0.1, 0.15) is 11.8 Å². The number of carbonyl (C=O) groups excluding carboxylic acids is 2. The lowest BCUT2D eigenvalue weighted by molar-refractivity contribution is -0.142. The molecule has 2 amide bonds. The second-order valence-corrected chi connectivity index (χ2v) is 7.45. The molecule has 0 bridgehead atoms. The minimum absolute atomic E-state index is 0.00896. The normalized spacial score (nSPS) is 11.8. The van der Waals surface area contributed by atoms with Gasteiger partial charge in [-0.2, -0.15) is 0 Å². The van der Waals surface area contributed by atoms with Crippen LogP contribution in [0.1, 0.15) is 37.5 Å². The van der Waals surface area contributed by atoms with Crippen molar-refractivity contribution >= 4 is 11.8 Å². The summed E-state index contributed by atoms with van der Waals surface area (Å²) in [5, 5.41) is 2.88. The summed E-state index contributed by atoms with van der Waals surface area (Å²) in [4.78, 5) is 27.0. The average molecular weight is 383 g/mol. The molecule has 5 nitrogen and oxygen atoms in total. The van der Waals surface area contributed by atoms with Crippen LogP contribution in [0.4, 0.5) is 0 Å². The largest absolute Gasteiger partial charge is 0.484 e. The van der Waals surface area contributed by atoms with Crippen LogP contribution in [0.25, 0.3) is 0 Å². The Labute approximate surface area is 167 Å². The first-order valence-electron chi connectivity index (χ1n) is 9.61. The molecular formula is C23H30N2O3. The van der Waals surface area contributed by atoms with Crippen molar-refractivity contribution in [2.45, 2.75) is 53.2 Å². The third-order valence-corrected chi connectivity index (χ3v) is 4.42. The summed E-state index contributed by atoms with van der Waals surface area (Å²) in [7, 11) is 0. The van der Waals surface area contributed by atoms with Crippen LogP contribution in [0, 0.1) is 13.8 Å². The van der Waals surface area contributed by atoms with Crippen LogP contribution in [0.5, 0.6) is 5.75 Å². The maximum Gasteiger partial charge on any atom is 0.261 e. The van der Waals surface area contributed by atoms with Crippen molar-refractivity contribution in [2.75, 3.05) is 6.61 Å². The molecule has 0 heterocycles. The van der Waals surface area contributed by atoms with Crippen molar-refractivity contribution in [3.8, 4) is 5.75 Å². The van der Waals surface area contributed by atoms with Crippen LogP contribution in [-0.4, -0.2) is 35.4 Å². The van der Waals surface area contributed by atoms with E-state index in [0.29, 0.717) is 12.3 Å². The molecule has 0 aromatic heterocycles. The van der Waals surface area contributed by atoms with Crippen LogP contribution in [0.3, 0.4) is 0 Å². The number of ether oxygens (including phenoxy) is 1. The lowest BCUT2D eigenvalue weighted by atomic mass is 10.1. The van der Waals surface area contributed by atoms with Crippen LogP contribution < -0.4 is 10.1 Å². The Bertz CT molecular complexity index is 800. The van der Waals surface area contributed by atoms with E-state index in [1.54, 1.807) is 11.8 Å². The van der Waals surface area contributed by atoms with Crippen LogP contribution >= 0.6 is 0 Å². The molecule has 0 aliphatic carbocycles. The molecule has 1 N–H and O–H groups in total. The summed E-state index contributed by atoms with van der Waals surface area (Å²) in [6, 6.07) is 14.9. The molecule has 1 atom stereocenters. The van der Waals surface area contributed by atoms with Crippen LogP contribution in [0.2, 0.25) is 0 Å². The third-order valence-electron chi connectivity index (χ3n) is 4.42. The summed E-state index contributed by atoms with van der Waals surface area (Å²) < 4.78 is 5.65. The van der Waals surface area contributed by atoms with Crippen LogP contribution in [-0.2, 0) is 16.1 Å². The first-order valence-corrected chi connectivity index (χ1v) is 9.61. The molecule has 28 heavy (non-hydrogen) atoms. The van der Waals surface area contributed by atoms with E-state index < -0.39 is 6.04 Å². The monoisotopic (exact) mass is 382 g/mol. The van der Waals surface area contributed by atoms with E-state index in [9.17, 15) is 9.59 Å². The predicted molar refractivity (Wildman–Crippen MR) is 111 cm³/mol.